The van der Waals surface area contributed by atoms with E-state index in [0.29, 0.717) is 37.4 Å². The number of carbonyl (C=O) groups is 4. The molecule has 4 N–H and O–H groups in total. The summed E-state index contributed by atoms with van der Waals surface area (Å²) in [6, 6.07) is 15.8. The van der Waals surface area contributed by atoms with Gasteiger partial charge in [0, 0.05) is 49.3 Å². The van der Waals surface area contributed by atoms with Crippen LogP contribution in [-0.4, -0.2) is 93.0 Å². The van der Waals surface area contributed by atoms with Gasteiger partial charge < -0.3 is 39.9 Å². The maximum absolute atomic E-state index is 14.4. The Bertz CT molecular complexity index is 2410. The second kappa shape index (κ2) is 18.8. The van der Waals surface area contributed by atoms with Crippen LogP contribution in [0.4, 0.5) is 4.79 Å². The molecule has 336 valence electrons. The number of hydrogen-bond acceptors (Lipinski definition) is 8. The van der Waals surface area contributed by atoms with Crippen LogP contribution in [0.1, 0.15) is 93.4 Å². The average Bonchev–Trinajstić information content (AvgIpc) is 4.04. The molecule has 2 aromatic carbocycles. The highest BCUT2D eigenvalue weighted by molar-refractivity contribution is 5.91. The van der Waals surface area contributed by atoms with Crippen LogP contribution in [0, 0.1) is 29.6 Å². The molecule has 4 aliphatic rings. The van der Waals surface area contributed by atoms with E-state index in [1.54, 1.807) is 18.2 Å². The molecular formula is C50H60N8O6. The zero-order chi connectivity index (χ0) is 45.2. The van der Waals surface area contributed by atoms with E-state index in [2.05, 4.69) is 83.5 Å². The van der Waals surface area contributed by atoms with Crippen LogP contribution < -0.4 is 10.6 Å². The Morgan fingerprint density at radius 1 is 0.938 bits per heavy atom. The molecular weight excluding hydrogens is 809 g/mol. The number of alkyl carbamates (subject to hydrolysis) is 1. The third-order valence-corrected chi connectivity index (χ3v) is 13.5. The van der Waals surface area contributed by atoms with Gasteiger partial charge in [-0.2, -0.15) is 0 Å². The normalized spacial score (nSPS) is 23.6. The number of ether oxygens (including phenoxy) is 2. The summed E-state index contributed by atoms with van der Waals surface area (Å²) in [5.74, 6) is 1.41. The fourth-order valence-electron chi connectivity index (χ4n) is 9.24. The topological polar surface area (TPSA) is 175 Å². The van der Waals surface area contributed by atoms with Gasteiger partial charge in [-0.3, -0.25) is 14.4 Å². The summed E-state index contributed by atoms with van der Waals surface area (Å²) < 4.78 is 10.3. The number of rotatable bonds is 16. The molecule has 2 aromatic heterocycles. The monoisotopic (exact) mass is 868 g/mol. The van der Waals surface area contributed by atoms with Crippen molar-refractivity contribution in [1.29, 1.82) is 0 Å². The van der Waals surface area contributed by atoms with Crippen LogP contribution >= 0.6 is 0 Å². The van der Waals surface area contributed by atoms with Crippen molar-refractivity contribution in [2.45, 2.75) is 83.6 Å². The quantitative estimate of drug-likeness (QED) is 0.0852. The number of H-pyrrole nitrogens is 2. The van der Waals surface area contributed by atoms with Crippen LogP contribution in [0.3, 0.4) is 0 Å². The first-order valence-electron chi connectivity index (χ1n) is 22.4. The van der Waals surface area contributed by atoms with Gasteiger partial charge in [0.2, 0.25) is 17.7 Å². The Morgan fingerprint density at radius 2 is 1.66 bits per heavy atom. The Labute approximate surface area is 375 Å². The first-order valence-corrected chi connectivity index (χ1v) is 22.4. The maximum atomic E-state index is 14.4. The van der Waals surface area contributed by atoms with Crippen LogP contribution in [0.25, 0.3) is 16.8 Å². The summed E-state index contributed by atoms with van der Waals surface area (Å²) >= 11 is 0. The van der Waals surface area contributed by atoms with Crippen molar-refractivity contribution in [2.75, 3.05) is 27.4 Å². The number of hydrogen-bond donors (Lipinski definition) is 4. The first kappa shape index (κ1) is 44.3. The third kappa shape index (κ3) is 9.33. The molecule has 1 saturated heterocycles. The maximum Gasteiger partial charge on any atom is 0.407 e. The minimum Gasteiger partial charge on any atom is -0.453 e. The van der Waals surface area contributed by atoms with E-state index in [4.69, 9.17) is 19.4 Å². The molecule has 8 rings (SSSR count). The Hall–Kier alpha value is -6.28. The van der Waals surface area contributed by atoms with Gasteiger partial charge in [-0.1, -0.05) is 107 Å². The minimum atomic E-state index is -0.790. The second-order valence-corrected chi connectivity index (χ2v) is 18.2. The smallest absolute Gasteiger partial charge is 0.407 e. The zero-order valence-electron chi connectivity index (χ0n) is 37.5. The molecule has 3 aliphatic carbocycles. The highest BCUT2D eigenvalue weighted by Gasteiger charge is 2.50. The molecule has 0 spiro atoms. The predicted octanol–water partition coefficient (Wildman–Crippen LogP) is 7.26. The molecule has 1 aliphatic heterocycles. The summed E-state index contributed by atoms with van der Waals surface area (Å²) in [7, 11) is 2.90. The average molecular weight is 869 g/mol. The highest BCUT2D eigenvalue weighted by atomic mass is 16.5. The number of likely N-dealkylation sites (tertiary alicyclic amines) is 1. The standard InChI is InChI=1S/C50H60N8O6/c1-28(2)42(56-50(62)64-7)48(60)57-25-38(27-63-6)31(5)45(57)46-52-24-40(54-46)35-19-15-33(16-20-35)32-13-17-34(18-14-32)39-23-51-41(53-39)26-58(44-29(3)30(44)4)49(61)43(36-11-9-8-10-12-36)55-47(59)37-21-22-37/h8-17,19-20,23-24,28-30,34,37-38,42-45H,5,18,21-22,25-27H2,1-4,6-7H3,(H,51,53)(H,52,54)(H,55,59)(H,56,62)/t29-,30+,34?,38-,42-,43+,44-,45-/m0/s1. The van der Waals surface area contributed by atoms with Crippen molar-refractivity contribution in [1.82, 2.24) is 40.4 Å². The Kier molecular flexibility index (Phi) is 13.0. The summed E-state index contributed by atoms with van der Waals surface area (Å²) in [5, 5.41) is 5.79. The lowest BCUT2D eigenvalue weighted by molar-refractivity contribution is -0.138. The number of nitrogens with zero attached hydrogens (tertiary/aromatic N) is 4. The van der Waals surface area contributed by atoms with Crippen molar-refractivity contribution in [2.24, 2.45) is 29.6 Å². The number of allylic oxidation sites excluding steroid dienone is 4. The van der Waals surface area contributed by atoms with Gasteiger partial charge in [-0.15, -0.1) is 0 Å². The van der Waals surface area contributed by atoms with E-state index in [0.717, 1.165) is 64.3 Å². The number of benzene rings is 2. The van der Waals surface area contributed by atoms with Gasteiger partial charge in [-0.05, 0) is 64.9 Å². The predicted molar refractivity (Wildman–Crippen MR) is 243 cm³/mol. The molecule has 0 bridgehead atoms. The lowest BCUT2D eigenvalue weighted by Crippen LogP contribution is -2.51. The third-order valence-electron chi connectivity index (χ3n) is 13.5. The number of nitrogens with one attached hydrogen (secondary N) is 4. The molecule has 2 saturated carbocycles. The fourth-order valence-corrected chi connectivity index (χ4v) is 9.24. The van der Waals surface area contributed by atoms with Gasteiger partial charge in [0.05, 0.1) is 32.2 Å². The number of aromatic amines is 2. The molecule has 64 heavy (non-hydrogen) atoms. The Morgan fingerprint density at radius 3 is 2.28 bits per heavy atom. The van der Waals surface area contributed by atoms with Gasteiger partial charge in [-0.25, -0.2) is 14.8 Å². The molecule has 4 aromatic rings. The van der Waals surface area contributed by atoms with E-state index in [9.17, 15) is 19.2 Å². The van der Waals surface area contributed by atoms with Gasteiger partial charge in [0.25, 0.3) is 0 Å². The summed E-state index contributed by atoms with van der Waals surface area (Å²) in [6.45, 7) is 13.6. The number of aromatic nitrogens is 4. The molecule has 0 radical (unpaired) electrons. The van der Waals surface area contributed by atoms with Gasteiger partial charge in [0.1, 0.15) is 29.8 Å². The van der Waals surface area contributed by atoms with Crippen molar-refractivity contribution < 1.29 is 28.7 Å². The van der Waals surface area contributed by atoms with Crippen LogP contribution in [-0.2, 0) is 30.4 Å². The summed E-state index contributed by atoms with van der Waals surface area (Å²) in [5.41, 5.74) is 6.51. The zero-order valence-corrected chi connectivity index (χ0v) is 37.5. The van der Waals surface area contributed by atoms with E-state index in [1.807, 2.05) is 55.3 Å². The van der Waals surface area contributed by atoms with E-state index < -0.39 is 24.2 Å². The van der Waals surface area contributed by atoms with Crippen molar-refractivity contribution in [3.05, 3.63) is 126 Å². The fraction of sp³-hybridized carbons (Fsp3) is 0.440. The lowest BCUT2D eigenvalue weighted by Gasteiger charge is -2.30. The van der Waals surface area contributed by atoms with E-state index >= 15 is 0 Å². The van der Waals surface area contributed by atoms with Gasteiger partial charge in [0.15, 0.2) is 0 Å². The number of methoxy groups -OCH3 is 2. The molecule has 1 unspecified atom stereocenters. The number of imidazole rings is 2. The van der Waals surface area contributed by atoms with E-state index in [-0.39, 0.29) is 47.4 Å². The van der Waals surface area contributed by atoms with Crippen molar-refractivity contribution >= 4 is 29.4 Å². The summed E-state index contributed by atoms with van der Waals surface area (Å²) in [4.78, 5) is 73.6. The number of carbonyl (C=O) groups excluding carboxylic acids is 4. The lowest BCUT2D eigenvalue weighted by atomic mass is 9.91. The molecule has 14 heteroatoms. The molecule has 4 amide bonds. The van der Waals surface area contributed by atoms with E-state index in [1.165, 1.54) is 7.11 Å². The molecule has 3 heterocycles. The minimum absolute atomic E-state index is 0.0116. The highest BCUT2D eigenvalue weighted by Crippen LogP contribution is 2.44. The SMILES string of the molecule is C=C1[C@H](COC)CN(C(=O)[C@@H](NC(=O)OC)C(C)C)[C@@H]1c1ncc(-c2ccc(C3=CCC(c4cnc(CN(C(=O)[C@H](NC(=O)C5CC5)c5ccccc5)[C@@H]5[C@H](C)[C@@H]5C)[nH]4)C=C3)cc2)[nH]1. The largest absolute Gasteiger partial charge is 0.453 e. The van der Waals surface area contributed by atoms with Crippen molar-refractivity contribution in [3.8, 4) is 11.3 Å². The molecule has 14 nitrogen and oxygen atoms in total. The van der Waals surface area contributed by atoms with Gasteiger partial charge >= 0.3 is 6.09 Å². The van der Waals surface area contributed by atoms with Crippen LogP contribution in [0.2, 0.25) is 0 Å². The second-order valence-electron chi connectivity index (χ2n) is 18.2. The van der Waals surface area contributed by atoms with Crippen LogP contribution in [0.15, 0.2) is 97.4 Å². The number of amides is 4. The van der Waals surface area contributed by atoms with Crippen molar-refractivity contribution in [3.63, 3.8) is 0 Å². The summed E-state index contributed by atoms with van der Waals surface area (Å²) in [6.07, 6.45) is 12.1. The molecule has 3 fully saturated rings. The van der Waals surface area contributed by atoms with Crippen LogP contribution in [0.5, 0.6) is 0 Å². The molecule has 8 atom stereocenters. The first-order chi connectivity index (χ1) is 30.9. The Balaban J connectivity index is 0.926.